The lowest BCUT2D eigenvalue weighted by Crippen LogP contribution is -2.24. The first-order valence-corrected chi connectivity index (χ1v) is 12.6. The van der Waals surface area contributed by atoms with Gasteiger partial charge in [0.1, 0.15) is 5.75 Å². The van der Waals surface area contributed by atoms with E-state index in [4.69, 9.17) is 4.74 Å². The second kappa shape index (κ2) is 9.79. The molecule has 0 bridgehead atoms. The van der Waals surface area contributed by atoms with Gasteiger partial charge in [0.2, 0.25) is 5.78 Å². The summed E-state index contributed by atoms with van der Waals surface area (Å²) in [6.45, 7) is 0.223. The van der Waals surface area contributed by atoms with Gasteiger partial charge in [0, 0.05) is 17.3 Å². The SMILES string of the molecule is COc1ccccc1-c1nnc2n(Cc3cccc(NC(=O)Nc4nccs4)c3)c(=O)c3ccccc3n12. The standard InChI is InChI=1S/C27H21N7O3S/c1-37-22-12-5-3-10-20(22)23-31-32-27-33(24(35)19-9-2-4-11-21(19)34(23)27)16-17-7-6-8-18(15-17)29-25(36)30-26-28-13-14-38-26/h2-15H,16H2,1H3,(H2,28,29,30,36). The van der Waals surface area contributed by atoms with Gasteiger partial charge in [0.05, 0.1) is 30.1 Å². The minimum atomic E-state index is -0.402. The normalized spacial score (nSPS) is 11.1. The Hall–Kier alpha value is -5.03. The Morgan fingerprint density at radius 1 is 1.00 bits per heavy atom. The monoisotopic (exact) mass is 523 g/mol. The first-order chi connectivity index (χ1) is 18.6. The number of carbonyl (C=O) groups excluding carboxylic acids is 1. The van der Waals surface area contributed by atoms with Gasteiger partial charge in [-0.25, -0.2) is 9.78 Å². The largest absolute Gasteiger partial charge is 0.496 e. The van der Waals surface area contributed by atoms with Crippen LogP contribution in [-0.2, 0) is 6.54 Å². The number of amides is 2. The van der Waals surface area contributed by atoms with Crippen molar-refractivity contribution in [3.05, 3.63) is 100 Å². The maximum atomic E-state index is 13.6. The van der Waals surface area contributed by atoms with E-state index >= 15 is 0 Å². The molecular formula is C27H21N7O3S. The highest BCUT2D eigenvalue weighted by Crippen LogP contribution is 2.30. The summed E-state index contributed by atoms with van der Waals surface area (Å²) in [7, 11) is 1.61. The van der Waals surface area contributed by atoms with Crippen molar-refractivity contribution in [3.8, 4) is 17.1 Å². The Bertz CT molecular complexity index is 1840. The number of aromatic nitrogens is 5. The molecule has 3 heterocycles. The molecule has 6 aromatic rings. The van der Waals surface area contributed by atoms with Crippen molar-refractivity contribution in [2.24, 2.45) is 0 Å². The minimum Gasteiger partial charge on any atom is -0.496 e. The summed E-state index contributed by atoms with van der Waals surface area (Å²) >= 11 is 1.33. The molecule has 0 fully saturated rings. The number of benzene rings is 3. The van der Waals surface area contributed by atoms with Crippen molar-refractivity contribution in [3.63, 3.8) is 0 Å². The molecular weight excluding hydrogens is 502 g/mol. The van der Waals surface area contributed by atoms with Crippen LogP contribution in [0.3, 0.4) is 0 Å². The molecule has 188 valence electrons. The number of ether oxygens (including phenoxy) is 1. The van der Waals surface area contributed by atoms with E-state index in [9.17, 15) is 9.59 Å². The molecule has 2 amide bonds. The van der Waals surface area contributed by atoms with Gasteiger partial charge in [0.15, 0.2) is 11.0 Å². The van der Waals surface area contributed by atoms with E-state index in [1.165, 1.54) is 11.3 Å². The van der Waals surface area contributed by atoms with Gasteiger partial charge in [-0.1, -0.05) is 36.4 Å². The van der Waals surface area contributed by atoms with Crippen molar-refractivity contribution < 1.29 is 9.53 Å². The van der Waals surface area contributed by atoms with Crippen LogP contribution >= 0.6 is 11.3 Å². The fourth-order valence-electron chi connectivity index (χ4n) is 4.38. The van der Waals surface area contributed by atoms with E-state index in [0.29, 0.717) is 39.1 Å². The molecule has 6 rings (SSSR count). The van der Waals surface area contributed by atoms with Gasteiger partial charge in [-0.3, -0.25) is 19.1 Å². The van der Waals surface area contributed by atoms with Crippen LogP contribution in [0.4, 0.5) is 15.6 Å². The molecule has 0 aliphatic heterocycles. The predicted octanol–water partition coefficient (Wildman–Crippen LogP) is 4.87. The molecule has 0 atom stereocenters. The van der Waals surface area contributed by atoms with Gasteiger partial charge in [-0.05, 0) is 42.0 Å². The van der Waals surface area contributed by atoms with Crippen LogP contribution in [0.5, 0.6) is 5.75 Å². The van der Waals surface area contributed by atoms with Crippen molar-refractivity contribution >= 4 is 44.9 Å². The van der Waals surface area contributed by atoms with Gasteiger partial charge in [-0.15, -0.1) is 21.5 Å². The maximum Gasteiger partial charge on any atom is 0.325 e. The lowest BCUT2D eigenvalue weighted by molar-refractivity contribution is 0.262. The fraction of sp³-hybridized carbons (Fsp3) is 0.0741. The van der Waals surface area contributed by atoms with Gasteiger partial charge < -0.3 is 10.1 Å². The number of nitrogens with one attached hydrogen (secondary N) is 2. The highest BCUT2D eigenvalue weighted by Gasteiger charge is 2.19. The number of fused-ring (bicyclic) bond motifs is 3. The third-order valence-electron chi connectivity index (χ3n) is 6.03. The molecule has 2 N–H and O–H groups in total. The summed E-state index contributed by atoms with van der Waals surface area (Å²) in [5, 5.41) is 17.2. The van der Waals surface area contributed by atoms with E-state index in [-0.39, 0.29) is 12.1 Å². The summed E-state index contributed by atoms with van der Waals surface area (Å²) in [6.07, 6.45) is 1.62. The van der Waals surface area contributed by atoms with E-state index in [2.05, 4.69) is 25.8 Å². The quantitative estimate of drug-likeness (QED) is 0.322. The summed E-state index contributed by atoms with van der Waals surface area (Å²) in [4.78, 5) is 30.1. The predicted molar refractivity (Wildman–Crippen MR) is 147 cm³/mol. The first-order valence-electron chi connectivity index (χ1n) is 11.7. The molecule has 10 nitrogen and oxygen atoms in total. The Morgan fingerprint density at radius 2 is 1.84 bits per heavy atom. The molecule has 0 unspecified atom stereocenters. The van der Waals surface area contributed by atoms with E-state index in [1.54, 1.807) is 35.4 Å². The Morgan fingerprint density at radius 3 is 2.68 bits per heavy atom. The van der Waals surface area contributed by atoms with E-state index in [1.807, 2.05) is 65.1 Å². The maximum absolute atomic E-state index is 13.6. The van der Waals surface area contributed by atoms with Crippen LogP contribution in [0.2, 0.25) is 0 Å². The minimum absolute atomic E-state index is 0.188. The van der Waals surface area contributed by atoms with Crippen molar-refractivity contribution in [2.45, 2.75) is 6.54 Å². The molecule has 0 spiro atoms. The molecule has 3 aromatic heterocycles. The number of rotatable bonds is 6. The highest BCUT2D eigenvalue weighted by molar-refractivity contribution is 7.13. The van der Waals surface area contributed by atoms with Crippen molar-refractivity contribution in [1.29, 1.82) is 0 Å². The van der Waals surface area contributed by atoms with Crippen LogP contribution < -0.4 is 20.9 Å². The van der Waals surface area contributed by atoms with Crippen LogP contribution in [0, 0.1) is 0 Å². The zero-order chi connectivity index (χ0) is 26.1. The zero-order valence-corrected chi connectivity index (χ0v) is 21.0. The number of hydrogen-bond acceptors (Lipinski definition) is 7. The summed E-state index contributed by atoms with van der Waals surface area (Å²) in [5.41, 5.74) is 2.65. The number of hydrogen-bond donors (Lipinski definition) is 2. The van der Waals surface area contributed by atoms with Gasteiger partial charge in [0.25, 0.3) is 5.56 Å². The topological polar surface area (TPSA) is 115 Å². The van der Waals surface area contributed by atoms with E-state index in [0.717, 1.165) is 11.1 Å². The molecule has 0 saturated carbocycles. The van der Waals surface area contributed by atoms with Crippen LogP contribution in [0.1, 0.15) is 5.56 Å². The average Bonchev–Trinajstić information content (AvgIpc) is 3.61. The molecule has 0 aliphatic rings. The number of carbonyl (C=O) groups is 1. The van der Waals surface area contributed by atoms with E-state index < -0.39 is 6.03 Å². The number of urea groups is 1. The molecule has 0 saturated heterocycles. The molecule has 0 aliphatic carbocycles. The summed E-state index contributed by atoms with van der Waals surface area (Å²) in [5.74, 6) is 1.62. The second-order valence-electron chi connectivity index (χ2n) is 8.38. The lowest BCUT2D eigenvalue weighted by atomic mass is 10.1. The number of methoxy groups -OCH3 is 1. The third kappa shape index (κ3) is 4.24. The zero-order valence-electron chi connectivity index (χ0n) is 20.2. The Kier molecular flexibility index (Phi) is 6.02. The average molecular weight is 524 g/mol. The number of para-hydroxylation sites is 2. The van der Waals surface area contributed by atoms with Crippen LogP contribution in [0.15, 0.2) is 89.2 Å². The number of thiazole rings is 1. The fourth-order valence-corrected chi connectivity index (χ4v) is 4.90. The Balaban J connectivity index is 1.42. The Labute approximate surface area is 220 Å². The smallest absolute Gasteiger partial charge is 0.325 e. The van der Waals surface area contributed by atoms with Gasteiger partial charge >= 0.3 is 6.03 Å². The van der Waals surface area contributed by atoms with Crippen molar-refractivity contribution in [1.82, 2.24) is 24.1 Å². The van der Waals surface area contributed by atoms with Gasteiger partial charge in [-0.2, -0.15) is 0 Å². The third-order valence-corrected chi connectivity index (χ3v) is 6.72. The van der Waals surface area contributed by atoms with Crippen LogP contribution in [-0.4, -0.2) is 37.3 Å². The molecule has 11 heteroatoms. The highest BCUT2D eigenvalue weighted by atomic mass is 32.1. The van der Waals surface area contributed by atoms with Crippen LogP contribution in [0.25, 0.3) is 28.1 Å². The number of nitrogens with zero attached hydrogens (tertiary/aromatic N) is 5. The number of anilines is 2. The molecule has 3 aromatic carbocycles. The molecule has 38 heavy (non-hydrogen) atoms. The summed E-state index contributed by atoms with van der Waals surface area (Å²) in [6, 6.07) is 21.8. The second-order valence-corrected chi connectivity index (χ2v) is 9.28. The van der Waals surface area contributed by atoms with Crippen molar-refractivity contribution in [2.75, 3.05) is 17.7 Å². The first kappa shape index (κ1) is 23.4. The summed E-state index contributed by atoms with van der Waals surface area (Å²) < 4.78 is 9.02. The molecule has 0 radical (unpaired) electrons. The lowest BCUT2D eigenvalue weighted by Gasteiger charge is -2.13.